The van der Waals surface area contributed by atoms with E-state index in [0.29, 0.717) is 18.2 Å². The fourth-order valence-corrected chi connectivity index (χ4v) is 4.51. The molecule has 1 unspecified atom stereocenters. The zero-order valence-corrected chi connectivity index (χ0v) is 16.9. The van der Waals surface area contributed by atoms with Gasteiger partial charge < -0.3 is 19.3 Å². The average molecular weight is 396 g/mol. The zero-order chi connectivity index (χ0) is 19.8. The van der Waals surface area contributed by atoms with Gasteiger partial charge in [0.05, 0.1) is 0 Å². The number of fused-ring (bicyclic) bond motifs is 1. The topological polar surface area (TPSA) is 82.9 Å². The van der Waals surface area contributed by atoms with Gasteiger partial charge in [-0.05, 0) is 70.0 Å². The van der Waals surface area contributed by atoms with Gasteiger partial charge >= 0.3 is 0 Å². The lowest BCUT2D eigenvalue weighted by Gasteiger charge is -2.32. The summed E-state index contributed by atoms with van der Waals surface area (Å²) in [5.74, 6) is 3.79. The van der Waals surface area contributed by atoms with Crippen molar-refractivity contribution >= 4 is 11.5 Å². The molecular weight excluding hydrogens is 368 g/mol. The van der Waals surface area contributed by atoms with E-state index in [1.165, 1.54) is 12.8 Å². The molecule has 0 bridgehead atoms. The summed E-state index contributed by atoms with van der Waals surface area (Å²) in [6.45, 7) is 6.48. The summed E-state index contributed by atoms with van der Waals surface area (Å²) >= 11 is 0. The van der Waals surface area contributed by atoms with E-state index in [1.807, 2.05) is 29.6 Å². The normalized spacial score (nSPS) is 20.0. The van der Waals surface area contributed by atoms with Crippen molar-refractivity contribution in [2.75, 3.05) is 37.6 Å². The van der Waals surface area contributed by atoms with E-state index >= 15 is 0 Å². The summed E-state index contributed by atoms with van der Waals surface area (Å²) in [6, 6.07) is 7.83. The Balaban J connectivity index is 1.25. The van der Waals surface area contributed by atoms with E-state index in [4.69, 9.17) is 9.52 Å². The highest BCUT2D eigenvalue weighted by Gasteiger charge is 2.27. The number of aliphatic hydroxyl groups is 1. The molecule has 0 amide bonds. The lowest BCUT2D eigenvalue weighted by atomic mass is 9.96. The maximum Gasteiger partial charge on any atom is 0.178 e. The van der Waals surface area contributed by atoms with E-state index in [1.54, 1.807) is 0 Å². The average Bonchev–Trinajstić information content (AvgIpc) is 3.49. The molecule has 1 atom stereocenters. The van der Waals surface area contributed by atoms with Crippen LogP contribution in [0.25, 0.3) is 5.65 Å². The maximum atomic E-state index is 10.4. The van der Waals surface area contributed by atoms with Crippen molar-refractivity contribution in [1.29, 1.82) is 0 Å². The molecule has 8 nitrogen and oxygen atoms in total. The van der Waals surface area contributed by atoms with Crippen LogP contribution in [0, 0.1) is 6.92 Å². The molecule has 5 heterocycles. The molecular formula is C21H28N6O2. The quantitative estimate of drug-likeness (QED) is 0.709. The highest BCUT2D eigenvalue weighted by Crippen LogP contribution is 2.29. The number of aromatic nitrogens is 4. The van der Waals surface area contributed by atoms with Gasteiger partial charge in [-0.1, -0.05) is 0 Å². The van der Waals surface area contributed by atoms with Gasteiger partial charge in [0.15, 0.2) is 11.5 Å². The van der Waals surface area contributed by atoms with Gasteiger partial charge in [-0.3, -0.25) is 0 Å². The molecule has 3 aromatic rings. The smallest absolute Gasteiger partial charge is 0.178 e. The lowest BCUT2D eigenvalue weighted by Crippen LogP contribution is -2.36. The summed E-state index contributed by atoms with van der Waals surface area (Å²) in [5, 5.41) is 24.1. The van der Waals surface area contributed by atoms with Crippen LogP contribution in [-0.2, 0) is 0 Å². The van der Waals surface area contributed by atoms with Gasteiger partial charge in [0.2, 0.25) is 0 Å². The Morgan fingerprint density at radius 1 is 1.07 bits per heavy atom. The van der Waals surface area contributed by atoms with Gasteiger partial charge in [0, 0.05) is 25.6 Å². The summed E-state index contributed by atoms with van der Waals surface area (Å²) < 4.78 is 7.50. The molecule has 2 aliphatic rings. The predicted octanol–water partition coefficient (Wildman–Crippen LogP) is 2.54. The highest BCUT2D eigenvalue weighted by molar-refractivity contribution is 5.46. The minimum absolute atomic E-state index is 0.338. The Morgan fingerprint density at radius 2 is 1.86 bits per heavy atom. The second-order valence-corrected chi connectivity index (χ2v) is 8.25. The van der Waals surface area contributed by atoms with Crippen molar-refractivity contribution in [2.24, 2.45) is 0 Å². The van der Waals surface area contributed by atoms with Crippen LogP contribution in [0.1, 0.15) is 55.1 Å². The third-order valence-electron chi connectivity index (χ3n) is 6.18. The fourth-order valence-electron chi connectivity index (χ4n) is 4.51. The molecule has 5 rings (SSSR count). The van der Waals surface area contributed by atoms with Gasteiger partial charge in [0.25, 0.3) is 0 Å². The molecule has 0 spiro atoms. The minimum atomic E-state index is -0.584. The number of aryl methyl sites for hydroxylation is 1. The maximum absolute atomic E-state index is 10.4. The van der Waals surface area contributed by atoms with Crippen LogP contribution in [0.5, 0.6) is 0 Å². The van der Waals surface area contributed by atoms with Gasteiger partial charge in [-0.2, -0.15) is 4.52 Å². The predicted molar refractivity (Wildman–Crippen MR) is 109 cm³/mol. The Hall–Kier alpha value is -2.45. The van der Waals surface area contributed by atoms with Gasteiger partial charge in [0.1, 0.15) is 23.4 Å². The molecule has 0 radical (unpaired) electrons. The molecule has 1 N–H and O–H groups in total. The zero-order valence-electron chi connectivity index (χ0n) is 16.9. The summed E-state index contributed by atoms with van der Waals surface area (Å²) in [7, 11) is 0. The first-order chi connectivity index (χ1) is 14.2. The van der Waals surface area contributed by atoms with Crippen molar-refractivity contribution in [3.63, 3.8) is 0 Å². The van der Waals surface area contributed by atoms with Crippen LogP contribution in [0.2, 0.25) is 0 Å². The number of piperidine rings is 1. The summed E-state index contributed by atoms with van der Waals surface area (Å²) in [4.78, 5) is 4.63. The molecule has 2 aliphatic heterocycles. The first-order valence-corrected chi connectivity index (χ1v) is 10.6. The Bertz CT molecular complexity index is 969. The van der Waals surface area contributed by atoms with Crippen molar-refractivity contribution in [1.82, 2.24) is 24.7 Å². The first-order valence-electron chi connectivity index (χ1n) is 10.6. The molecule has 2 fully saturated rings. The van der Waals surface area contributed by atoms with Crippen LogP contribution >= 0.6 is 0 Å². The van der Waals surface area contributed by atoms with Crippen LogP contribution in [-0.4, -0.2) is 62.5 Å². The number of likely N-dealkylation sites (tertiary alicyclic amines) is 1. The molecule has 3 aromatic heterocycles. The van der Waals surface area contributed by atoms with Crippen LogP contribution < -0.4 is 4.90 Å². The first kappa shape index (κ1) is 18.6. The summed E-state index contributed by atoms with van der Waals surface area (Å²) in [6.07, 6.45) is 3.85. The number of β-amino-alcohol motifs (C(OH)–C–C–N with tert-alkyl or cyclic N) is 1. The number of hydrogen-bond acceptors (Lipinski definition) is 7. The van der Waals surface area contributed by atoms with E-state index in [0.717, 1.165) is 62.1 Å². The standard InChI is InChI=1S/C21H28N6O2/c1-15-4-5-18(29-15)17(28)14-25-12-8-16(9-13-25)21-23-22-19-6-7-20(24-27(19)21)26-10-2-3-11-26/h4-7,16-17,28H,2-3,8-14H2,1H3. The van der Waals surface area contributed by atoms with Gasteiger partial charge in [-0.25, -0.2) is 0 Å². The fraction of sp³-hybridized carbons (Fsp3) is 0.571. The molecule has 8 heteroatoms. The second-order valence-electron chi connectivity index (χ2n) is 8.25. The van der Waals surface area contributed by atoms with Crippen molar-refractivity contribution in [3.05, 3.63) is 41.6 Å². The van der Waals surface area contributed by atoms with E-state index < -0.39 is 6.10 Å². The minimum Gasteiger partial charge on any atom is -0.464 e. The Kier molecular flexibility index (Phi) is 4.97. The Labute approximate surface area is 170 Å². The number of aliphatic hydroxyl groups excluding tert-OH is 1. The van der Waals surface area contributed by atoms with E-state index in [-0.39, 0.29) is 0 Å². The van der Waals surface area contributed by atoms with Crippen molar-refractivity contribution in [3.8, 4) is 0 Å². The number of anilines is 1. The highest BCUT2D eigenvalue weighted by atomic mass is 16.4. The number of furan rings is 1. The Morgan fingerprint density at radius 3 is 2.59 bits per heavy atom. The number of hydrogen-bond donors (Lipinski definition) is 1. The number of nitrogens with zero attached hydrogens (tertiary/aromatic N) is 6. The largest absolute Gasteiger partial charge is 0.464 e. The van der Waals surface area contributed by atoms with E-state index in [2.05, 4.69) is 26.1 Å². The van der Waals surface area contributed by atoms with Crippen LogP contribution in [0.4, 0.5) is 5.82 Å². The van der Waals surface area contributed by atoms with Crippen LogP contribution in [0.15, 0.2) is 28.7 Å². The monoisotopic (exact) mass is 396 g/mol. The SMILES string of the molecule is Cc1ccc(C(O)CN2CCC(c3nnc4ccc(N5CCCC5)nn34)CC2)o1. The summed E-state index contributed by atoms with van der Waals surface area (Å²) in [5.41, 5.74) is 0.814. The van der Waals surface area contributed by atoms with Crippen molar-refractivity contribution < 1.29 is 9.52 Å². The molecule has 29 heavy (non-hydrogen) atoms. The third-order valence-corrected chi connectivity index (χ3v) is 6.18. The molecule has 2 saturated heterocycles. The van der Waals surface area contributed by atoms with Crippen molar-refractivity contribution in [2.45, 2.75) is 44.6 Å². The second kappa shape index (κ2) is 7.76. The van der Waals surface area contributed by atoms with Gasteiger partial charge in [-0.15, -0.1) is 15.3 Å². The molecule has 0 saturated carbocycles. The number of rotatable bonds is 5. The molecule has 0 aromatic carbocycles. The molecule has 154 valence electrons. The molecule has 0 aliphatic carbocycles. The van der Waals surface area contributed by atoms with Crippen LogP contribution in [0.3, 0.4) is 0 Å². The third kappa shape index (κ3) is 3.74. The van der Waals surface area contributed by atoms with E-state index in [9.17, 15) is 5.11 Å². The lowest BCUT2D eigenvalue weighted by molar-refractivity contribution is 0.0803.